The highest BCUT2D eigenvalue weighted by molar-refractivity contribution is 5.78. The van der Waals surface area contributed by atoms with E-state index in [4.69, 9.17) is 9.47 Å². The van der Waals surface area contributed by atoms with Gasteiger partial charge in [-0.15, -0.1) is 0 Å². The van der Waals surface area contributed by atoms with Gasteiger partial charge in [0.1, 0.15) is 18.1 Å². The molecule has 0 radical (unpaired) electrons. The Bertz CT molecular complexity index is 1100. The maximum absolute atomic E-state index is 14.7. The second-order valence-corrected chi connectivity index (χ2v) is 8.44. The van der Waals surface area contributed by atoms with Crippen LogP contribution in [0.5, 0.6) is 5.75 Å². The molecule has 1 N–H and O–H groups in total. The third kappa shape index (κ3) is 6.85. The normalized spacial score (nSPS) is 14.1. The first-order valence-corrected chi connectivity index (χ1v) is 11.6. The smallest absolute Gasteiger partial charge is 0.224 e. The molecular formula is C27H30FN3O3. The van der Waals surface area contributed by atoms with Crippen LogP contribution in [0.25, 0.3) is 11.3 Å². The number of nitrogens with one attached hydrogen (secondary N) is 1. The number of morpholine rings is 1. The molecule has 3 aromatic rings. The van der Waals surface area contributed by atoms with Crippen LogP contribution in [-0.4, -0.2) is 55.2 Å². The molecule has 1 amide bonds. The molecule has 4 rings (SSSR count). The number of hydrogen-bond acceptors (Lipinski definition) is 5. The second-order valence-electron chi connectivity index (χ2n) is 8.44. The summed E-state index contributed by atoms with van der Waals surface area (Å²) in [5, 5.41) is 2.94. The van der Waals surface area contributed by atoms with Gasteiger partial charge in [0.2, 0.25) is 5.91 Å². The van der Waals surface area contributed by atoms with Gasteiger partial charge in [-0.1, -0.05) is 54.1 Å². The summed E-state index contributed by atoms with van der Waals surface area (Å²) in [6.07, 6.45) is 1.81. The fourth-order valence-electron chi connectivity index (χ4n) is 3.88. The van der Waals surface area contributed by atoms with E-state index in [1.54, 1.807) is 18.3 Å². The lowest BCUT2D eigenvalue weighted by Gasteiger charge is -2.26. The van der Waals surface area contributed by atoms with Crippen molar-refractivity contribution in [3.05, 3.63) is 83.3 Å². The molecule has 0 unspecified atom stereocenters. The SMILES string of the molecule is Cc1cccc(CNC(=O)Cc2ccc(-c3ncc(OCCN4CCOCC4)cc3F)cc2)c1. The molecule has 0 saturated carbocycles. The monoisotopic (exact) mass is 463 g/mol. The molecular weight excluding hydrogens is 433 g/mol. The zero-order valence-corrected chi connectivity index (χ0v) is 19.4. The van der Waals surface area contributed by atoms with Crippen molar-refractivity contribution < 1.29 is 18.7 Å². The lowest BCUT2D eigenvalue weighted by Crippen LogP contribution is -2.38. The lowest BCUT2D eigenvalue weighted by molar-refractivity contribution is -0.120. The van der Waals surface area contributed by atoms with E-state index in [0.29, 0.717) is 24.5 Å². The molecule has 7 heteroatoms. The number of benzene rings is 2. The Hall–Kier alpha value is -3.29. The van der Waals surface area contributed by atoms with Gasteiger partial charge in [-0.2, -0.15) is 0 Å². The van der Waals surface area contributed by atoms with E-state index in [9.17, 15) is 9.18 Å². The number of halogens is 1. The van der Waals surface area contributed by atoms with Gasteiger partial charge in [0.15, 0.2) is 5.82 Å². The molecule has 0 atom stereocenters. The predicted octanol–water partition coefficient (Wildman–Crippen LogP) is 3.77. The number of hydrogen-bond donors (Lipinski definition) is 1. The first-order valence-electron chi connectivity index (χ1n) is 11.6. The number of ether oxygens (including phenoxy) is 2. The number of pyridine rings is 1. The minimum atomic E-state index is -0.437. The molecule has 2 aromatic carbocycles. The molecule has 2 heterocycles. The van der Waals surface area contributed by atoms with Crippen LogP contribution >= 0.6 is 0 Å². The Labute approximate surface area is 199 Å². The van der Waals surface area contributed by atoms with Crippen molar-refractivity contribution >= 4 is 5.91 Å². The summed E-state index contributed by atoms with van der Waals surface area (Å²) in [6, 6.07) is 16.6. The van der Waals surface area contributed by atoms with E-state index in [2.05, 4.69) is 21.3 Å². The average Bonchev–Trinajstić information content (AvgIpc) is 2.84. The Morgan fingerprint density at radius 3 is 2.65 bits per heavy atom. The first-order chi connectivity index (χ1) is 16.6. The van der Waals surface area contributed by atoms with E-state index in [1.165, 1.54) is 6.07 Å². The number of rotatable bonds is 9. The minimum absolute atomic E-state index is 0.0582. The number of carbonyl (C=O) groups is 1. The van der Waals surface area contributed by atoms with Crippen molar-refractivity contribution in [2.45, 2.75) is 19.9 Å². The van der Waals surface area contributed by atoms with E-state index >= 15 is 0 Å². The second kappa shape index (κ2) is 11.7. The van der Waals surface area contributed by atoms with Crippen LogP contribution in [0.15, 0.2) is 60.8 Å². The Balaban J connectivity index is 1.28. The minimum Gasteiger partial charge on any atom is -0.491 e. The molecule has 1 aliphatic rings. The Kier molecular flexibility index (Phi) is 8.22. The summed E-state index contributed by atoms with van der Waals surface area (Å²) in [4.78, 5) is 18.8. The van der Waals surface area contributed by atoms with Gasteiger partial charge in [-0.3, -0.25) is 9.69 Å². The van der Waals surface area contributed by atoms with E-state index in [-0.39, 0.29) is 18.0 Å². The maximum Gasteiger partial charge on any atom is 0.224 e. The lowest BCUT2D eigenvalue weighted by atomic mass is 10.1. The fourth-order valence-corrected chi connectivity index (χ4v) is 3.88. The summed E-state index contributed by atoms with van der Waals surface area (Å²) in [6.45, 7) is 7.02. The molecule has 0 aliphatic carbocycles. The first kappa shape index (κ1) is 23.9. The van der Waals surface area contributed by atoms with Gasteiger partial charge >= 0.3 is 0 Å². The number of aromatic nitrogens is 1. The molecule has 1 aliphatic heterocycles. The number of nitrogens with zero attached hydrogens (tertiary/aromatic N) is 2. The summed E-state index contributed by atoms with van der Waals surface area (Å²) < 4.78 is 25.7. The summed E-state index contributed by atoms with van der Waals surface area (Å²) in [5.41, 5.74) is 4.00. The largest absolute Gasteiger partial charge is 0.491 e. The molecule has 6 nitrogen and oxygen atoms in total. The highest BCUT2D eigenvalue weighted by Crippen LogP contribution is 2.24. The molecule has 34 heavy (non-hydrogen) atoms. The molecule has 0 spiro atoms. The van der Waals surface area contributed by atoms with Crippen molar-refractivity contribution in [2.75, 3.05) is 39.5 Å². The van der Waals surface area contributed by atoms with Crippen LogP contribution < -0.4 is 10.1 Å². The standard InChI is InChI=1S/C27H30FN3O3/c1-20-3-2-4-22(15-20)18-29-26(32)16-21-5-7-23(8-6-21)27-25(28)17-24(19-30-27)34-14-11-31-9-12-33-13-10-31/h2-8,15,17,19H,9-14,16,18H2,1H3,(H,29,32). The van der Waals surface area contributed by atoms with Crippen LogP contribution in [0.3, 0.4) is 0 Å². The third-order valence-electron chi connectivity index (χ3n) is 5.76. The van der Waals surface area contributed by atoms with Crippen molar-refractivity contribution in [1.29, 1.82) is 0 Å². The third-order valence-corrected chi connectivity index (χ3v) is 5.76. The summed E-state index contributed by atoms with van der Waals surface area (Å²) >= 11 is 0. The van der Waals surface area contributed by atoms with E-state index in [1.807, 2.05) is 37.3 Å². The van der Waals surface area contributed by atoms with E-state index in [0.717, 1.165) is 49.5 Å². The van der Waals surface area contributed by atoms with Gasteiger partial charge < -0.3 is 14.8 Å². The Morgan fingerprint density at radius 1 is 1.12 bits per heavy atom. The van der Waals surface area contributed by atoms with Gasteiger partial charge in [0.25, 0.3) is 0 Å². The molecule has 1 fully saturated rings. The fraction of sp³-hybridized carbons (Fsp3) is 0.333. The van der Waals surface area contributed by atoms with Gasteiger partial charge in [-0.25, -0.2) is 9.37 Å². The van der Waals surface area contributed by atoms with Crippen molar-refractivity contribution in [2.24, 2.45) is 0 Å². The molecule has 1 aromatic heterocycles. The van der Waals surface area contributed by atoms with Crippen LogP contribution in [0.4, 0.5) is 4.39 Å². The van der Waals surface area contributed by atoms with Crippen LogP contribution in [0.1, 0.15) is 16.7 Å². The van der Waals surface area contributed by atoms with Gasteiger partial charge in [-0.05, 0) is 18.1 Å². The van der Waals surface area contributed by atoms with Crippen LogP contribution in [-0.2, 0) is 22.5 Å². The zero-order chi connectivity index (χ0) is 23.8. The van der Waals surface area contributed by atoms with E-state index < -0.39 is 5.82 Å². The van der Waals surface area contributed by atoms with Crippen LogP contribution in [0, 0.1) is 12.7 Å². The maximum atomic E-state index is 14.7. The molecule has 178 valence electrons. The van der Waals surface area contributed by atoms with Crippen molar-refractivity contribution in [3.8, 4) is 17.0 Å². The van der Waals surface area contributed by atoms with Crippen molar-refractivity contribution in [1.82, 2.24) is 15.2 Å². The number of amides is 1. The quantitative estimate of drug-likeness (QED) is 0.524. The van der Waals surface area contributed by atoms with Gasteiger partial charge in [0, 0.05) is 37.8 Å². The summed E-state index contributed by atoms with van der Waals surface area (Å²) in [7, 11) is 0. The molecule has 0 bridgehead atoms. The van der Waals surface area contributed by atoms with Gasteiger partial charge in [0.05, 0.1) is 25.8 Å². The highest BCUT2D eigenvalue weighted by Gasteiger charge is 2.12. The molecule has 1 saturated heterocycles. The number of carbonyl (C=O) groups excluding carboxylic acids is 1. The Morgan fingerprint density at radius 2 is 1.91 bits per heavy atom. The van der Waals surface area contributed by atoms with Crippen LogP contribution in [0.2, 0.25) is 0 Å². The highest BCUT2D eigenvalue weighted by atomic mass is 19.1. The summed E-state index contributed by atoms with van der Waals surface area (Å²) in [5.74, 6) is -0.0823. The predicted molar refractivity (Wildman–Crippen MR) is 129 cm³/mol. The average molecular weight is 464 g/mol. The number of aryl methyl sites for hydroxylation is 1. The topological polar surface area (TPSA) is 63.7 Å². The van der Waals surface area contributed by atoms with Crippen molar-refractivity contribution in [3.63, 3.8) is 0 Å². The zero-order valence-electron chi connectivity index (χ0n) is 19.4.